The molecule has 0 bridgehead atoms. The molecule has 2 aromatic rings. The lowest BCUT2D eigenvalue weighted by atomic mass is 10.0. The van der Waals surface area contributed by atoms with Crippen LogP contribution < -0.4 is 11.1 Å². The lowest BCUT2D eigenvalue weighted by molar-refractivity contribution is -0.144. The summed E-state index contributed by atoms with van der Waals surface area (Å²) in [4.78, 5) is 3.35. The zero-order valence-corrected chi connectivity index (χ0v) is 10.2. The van der Waals surface area contributed by atoms with E-state index in [1.165, 1.54) is 6.26 Å². The fourth-order valence-corrected chi connectivity index (χ4v) is 1.95. The average molecular weight is 296 g/mol. The lowest BCUT2D eigenvalue weighted by Crippen LogP contribution is -2.26. The first-order chi connectivity index (χ1) is 9.91. The van der Waals surface area contributed by atoms with Crippen molar-refractivity contribution in [2.45, 2.75) is 12.2 Å². The Bertz CT molecular complexity index is 752. The third-order valence-electron chi connectivity index (χ3n) is 2.88. The van der Waals surface area contributed by atoms with Crippen molar-refractivity contribution in [1.82, 2.24) is 14.8 Å². The van der Waals surface area contributed by atoms with Crippen LogP contribution in [-0.2, 0) is 6.18 Å². The summed E-state index contributed by atoms with van der Waals surface area (Å²) in [6, 6.07) is 4.18. The molecule has 10 heteroatoms. The summed E-state index contributed by atoms with van der Waals surface area (Å²) in [5.41, 5.74) is 5.72. The normalized spacial score (nSPS) is 18.1. The molecule has 0 unspecified atom stereocenters. The van der Waals surface area contributed by atoms with Crippen LogP contribution in [0.2, 0.25) is 0 Å². The summed E-state index contributed by atoms with van der Waals surface area (Å²) >= 11 is 0. The molecule has 108 valence electrons. The van der Waals surface area contributed by atoms with Gasteiger partial charge in [0.1, 0.15) is 29.3 Å². The molecule has 0 saturated heterocycles. The molecule has 1 aliphatic heterocycles. The molecule has 0 aliphatic carbocycles. The maximum atomic E-state index is 12.6. The maximum Gasteiger partial charge on any atom is 0.453 e. The van der Waals surface area contributed by atoms with E-state index in [1.54, 1.807) is 12.1 Å². The van der Waals surface area contributed by atoms with Gasteiger partial charge < -0.3 is 15.5 Å². The predicted octanol–water partition coefficient (Wildman–Crippen LogP) is 1.71. The van der Waals surface area contributed by atoms with Gasteiger partial charge in [-0.25, -0.2) is 0 Å². The fraction of sp³-hybridized carbons (Fsp3) is 0.182. The van der Waals surface area contributed by atoms with Crippen LogP contribution in [0.25, 0.3) is 5.82 Å². The van der Waals surface area contributed by atoms with Crippen molar-refractivity contribution in [3.63, 3.8) is 0 Å². The quantitative estimate of drug-likeness (QED) is 0.829. The highest BCUT2D eigenvalue weighted by Crippen LogP contribution is 2.35. The monoisotopic (exact) mass is 296 g/mol. The van der Waals surface area contributed by atoms with Gasteiger partial charge in [-0.3, -0.25) is 0 Å². The number of nitrogens with two attached hydrogens (primary N) is 1. The van der Waals surface area contributed by atoms with Gasteiger partial charge in [-0.1, -0.05) is 0 Å². The standard InChI is InChI=1S/C11H7F3N6O/c12-11(13,14)9-18-10-17-7(6-2-1-3-21-6)5(4-15)8(16)20(10)19-9/h1-3,7H,16H2,(H,17,18,19)/t7-/m0/s1. The van der Waals surface area contributed by atoms with Crippen molar-refractivity contribution in [3.05, 3.63) is 35.6 Å². The van der Waals surface area contributed by atoms with Crippen LogP contribution >= 0.6 is 0 Å². The fourth-order valence-electron chi connectivity index (χ4n) is 1.95. The molecule has 7 nitrogen and oxygen atoms in total. The molecule has 0 amide bonds. The largest absolute Gasteiger partial charge is 0.467 e. The molecule has 0 spiro atoms. The van der Waals surface area contributed by atoms with Crippen LogP contribution in [0.1, 0.15) is 17.6 Å². The number of furan rings is 1. The summed E-state index contributed by atoms with van der Waals surface area (Å²) < 4.78 is 43.8. The molecule has 0 aromatic carbocycles. The molecule has 3 N–H and O–H groups in total. The molecular formula is C11H7F3N6O. The van der Waals surface area contributed by atoms with Crippen LogP contribution in [0.5, 0.6) is 0 Å². The summed E-state index contributed by atoms with van der Waals surface area (Å²) in [6.07, 6.45) is -3.33. The molecule has 2 aromatic heterocycles. The number of rotatable bonds is 1. The van der Waals surface area contributed by atoms with E-state index >= 15 is 0 Å². The number of hydrogen-bond donors (Lipinski definition) is 2. The molecule has 1 atom stereocenters. The van der Waals surface area contributed by atoms with Crippen LogP contribution in [0.3, 0.4) is 0 Å². The number of anilines is 1. The minimum absolute atomic E-state index is 0.00363. The van der Waals surface area contributed by atoms with Crippen molar-refractivity contribution < 1.29 is 17.6 Å². The van der Waals surface area contributed by atoms with Gasteiger partial charge in [0, 0.05) is 0 Å². The minimum Gasteiger partial charge on any atom is -0.467 e. The smallest absolute Gasteiger partial charge is 0.453 e. The Hall–Kier alpha value is -2.96. The van der Waals surface area contributed by atoms with Crippen molar-refractivity contribution in [2.75, 3.05) is 5.32 Å². The number of nitriles is 1. The van der Waals surface area contributed by atoms with E-state index in [2.05, 4.69) is 15.4 Å². The number of nitrogens with zero attached hydrogens (tertiary/aromatic N) is 4. The second kappa shape index (κ2) is 4.27. The van der Waals surface area contributed by atoms with Gasteiger partial charge in [-0.2, -0.15) is 28.1 Å². The molecule has 1 aliphatic rings. The van der Waals surface area contributed by atoms with Gasteiger partial charge >= 0.3 is 6.18 Å². The molecule has 3 heterocycles. The SMILES string of the molecule is N#CC1=C(N)n2nc(C(F)(F)F)nc2N[C@@H]1c1ccco1. The van der Waals surface area contributed by atoms with Gasteiger partial charge in [0.15, 0.2) is 0 Å². The topological polar surface area (TPSA) is 106 Å². The van der Waals surface area contributed by atoms with Gasteiger partial charge in [0.05, 0.1) is 6.26 Å². The van der Waals surface area contributed by atoms with Crippen LogP contribution in [0.4, 0.5) is 19.1 Å². The second-order valence-electron chi connectivity index (χ2n) is 4.17. The maximum absolute atomic E-state index is 12.6. The predicted molar refractivity (Wildman–Crippen MR) is 63.1 cm³/mol. The van der Waals surface area contributed by atoms with E-state index in [1.807, 2.05) is 6.07 Å². The number of fused-ring (bicyclic) bond motifs is 1. The molecule has 0 saturated carbocycles. The van der Waals surface area contributed by atoms with E-state index < -0.39 is 18.0 Å². The average Bonchev–Trinajstić information content (AvgIpc) is 3.07. The number of halogens is 3. The molecule has 0 fully saturated rings. The van der Waals surface area contributed by atoms with E-state index in [0.29, 0.717) is 5.76 Å². The second-order valence-corrected chi connectivity index (χ2v) is 4.17. The van der Waals surface area contributed by atoms with E-state index in [9.17, 15) is 13.2 Å². The number of nitrogens with one attached hydrogen (secondary N) is 1. The Morgan fingerprint density at radius 3 is 2.81 bits per heavy atom. The Morgan fingerprint density at radius 2 is 2.24 bits per heavy atom. The summed E-state index contributed by atoms with van der Waals surface area (Å²) in [5.74, 6) is -1.45. The van der Waals surface area contributed by atoms with Crippen molar-refractivity contribution >= 4 is 11.8 Å². The van der Waals surface area contributed by atoms with Gasteiger partial charge in [-0.05, 0) is 12.1 Å². The van der Waals surface area contributed by atoms with Crippen molar-refractivity contribution in [1.29, 1.82) is 5.26 Å². The first kappa shape index (κ1) is 13.0. The molecular weight excluding hydrogens is 289 g/mol. The highest BCUT2D eigenvalue weighted by atomic mass is 19.4. The first-order valence-corrected chi connectivity index (χ1v) is 5.66. The van der Waals surface area contributed by atoms with Crippen molar-refractivity contribution in [2.24, 2.45) is 5.73 Å². The third-order valence-corrected chi connectivity index (χ3v) is 2.88. The summed E-state index contributed by atoms with van der Waals surface area (Å²) in [7, 11) is 0. The summed E-state index contributed by atoms with van der Waals surface area (Å²) in [6.45, 7) is 0. The van der Waals surface area contributed by atoms with Crippen LogP contribution in [-0.4, -0.2) is 14.8 Å². The first-order valence-electron chi connectivity index (χ1n) is 5.66. The number of aromatic nitrogens is 3. The lowest BCUT2D eigenvalue weighted by Gasteiger charge is -2.23. The Labute approximate surface area is 115 Å². The molecule has 0 radical (unpaired) electrons. The van der Waals surface area contributed by atoms with Crippen LogP contribution in [0.15, 0.2) is 28.4 Å². The molecule has 3 rings (SSSR count). The highest BCUT2D eigenvalue weighted by Gasteiger charge is 2.40. The Morgan fingerprint density at radius 1 is 1.48 bits per heavy atom. The molecule has 21 heavy (non-hydrogen) atoms. The van der Waals surface area contributed by atoms with E-state index in [0.717, 1.165) is 4.68 Å². The highest BCUT2D eigenvalue weighted by molar-refractivity contribution is 5.64. The summed E-state index contributed by atoms with van der Waals surface area (Å²) in [5, 5.41) is 15.1. The van der Waals surface area contributed by atoms with Gasteiger partial charge in [-0.15, -0.1) is 5.10 Å². The van der Waals surface area contributed by atoms with E-state index in [-0.39, 0.29) is 17.3 Å². The van der Waals surface area contributed by atoms with Gasteiger partial charge in [0.2, 0.25) is 5.95 Å². The number of alkyl halides is 3. The zero-order chi connectivity index (χ0) is 15.2. The van der Waals surface area contributed by atoms with Gasteiger partial charge in [0.25, 0.3) is 5.82 Å². The van der Waals surface area contributed by atoms with E-state index in [4.69, 9.17) is 15.4 Å². The zero-order valence-electron chi connectivity index (χ0n) is 10.2. The Balaban J connectivity index is 2.12. The van der Waals surface area contributed by atoms with Crippen LogP contribution in [0, 0.1) is 11.3 Å². The Kier molecular flexibility index (Phi) is 2.65. The number of hydrogen-bond acceptors (Lipinski definition) is 6. The minimum atomic E-state index is -4.71. The van der Waals surface area contributed by atoms with Crippen molar-refractivity contribution in [3.8, 4) is 6.07 Å². The third kappa shape index (κ3) is 1.99.